The summed E-state index contributed by atoms with van der Waals surface area (Å²) in [6.07, 6.45) is 0. The van der Waals surface area contributed by atoms with E-state index in [1.165, 1.54) is 0 Å². The molecule has 1 N–H and O–H groups in total. The van der Waals surface area contributed by atoms with Gasteiger partial charge in [0.25, 0.3) is 10.0 Å². The number of hydrogen-bond donors (Lipinski definition) is 1. The first-order valence-corrected chi connectivity index (χ1v) is 10.5. The van der Waals surface area contributed by atoms with Gasteiger partial charge in [-0.3, -0.25) is 0 Å². The number of halogens is 1. The molecule has 0 saturated carbocycles. The van der Waals surface area contributed by atoms with Crippen molar-refractivity contribution in [3.05, 3.63) is 93.6 Å². The van der Waals surface area contributed by atoms with E-state index in [2.05, 4.69) is 32.3 Å². The van der Waals surface area contributed by atoms with Crippen LogP contribution in [-0.2, 0) is 10.0 Å². The number of amidine groups is 1. The van der Waals surface area contributed by atoms with Gasteiger partial charge in [-0.15, -0.1) is 4.40 Å². The summed E-state index contributed by atoms with van der Waals surface area (Å²) in [5.41, 5.74) is 2.49. The molecule has 3 aromatic carbocycles. The second kappa shape index (κ2) is 8.01. The van der Waals surface area contributed by atoms with Crippen molar-refractivity contribution in [2.24, 2.45) is 4.40 Å². The van der Waals surface area contributed by atoms with E-state index in [1.807, 2.05) is 61.5 Å². The van der Waals surface area contributed by atoms with Gasteiger partial charge in [-0.05, 0) is 53.8 Å². The minimum Gasteiger partial charge on any atom is -0.338 e. The lowest BCUT2D eigenvalue weighted by atomic mass is 10.2. The van der Waals surface area contributed by atoms with Crippen LogP contribution < -0.4 is 5.32 Å². The maximum atomic E-state index is 12.8. The summed E-state index contributed by atoms with van der Waals surface area (Å²) in [5.74, 6) is 0.287. The number of anilines is 1. The van der Waals surface area contributed by atoms with Gasteiger partial charge in [0.15, 0.2) is 5.84 Å². The zero-order valence-electron chi connectivity index (χ0n) is 14.1. The van der Waals surface area contributed by atoms with Crippen molar-refractivity contribution in [1.29, 1.82) is 0 Å². The van der Waals surface area contributed by atoms with E-state index in [-0.39, 0.29) is 10.7 Å². The number of sulfonamides is 1. The predicted octanol–water partition coefficient (Wildman–Crippen LogP) is 4.85. The van der Waals surface area contributed by atoms with Crippen LogP contribution in [0.15, 0.2) is 88.2 Å². The van der Waals surface area contributed by atoms with E-state index >= 15 is 0 Å². The van der Waals surface area contributed by atoms with Crippen LogP contribution in [-0.4, -0.2) is 14.3 Å². The normalized spacial score (nSPS) is 12.0. The lowest BCUT2D eigenvalue weighted by molar-refractivity contribution is 0.598. The number of hydrogen-bond acceptors (Lipinski definition) is 2. The Labute approximate surface area is 167 Å². The summed E-state index contributed by atoms with van der Waals surface area (Å²) in [5, 5.41) is 3.16. The Morgan fingerprint density at radius 1 is 0.885 bits per heavy atom. The Morgan fingerprint density at radius 3 is 2.15 bits per heavy atom. The summed E-state index contributed by atoms with van der Waals surface area (Å²) in [6, 6.07) is 23.5. The quantitative estimate of drug-likeness (QED) is 0.333. The molecule has 0 aliphatic heterocycles. The standard InChI is InChI=1S/C20H17IN2O2S/c1-15-11-13-17(14-12-15)26(24,25)23-20(16-7-3-2-4-8-16)22-19-10-6-5-9-18(19)21/h2-14H,1H3,(H,22,23). The predicted molar refractivity (Wildman–Crippen MR) is 114 cm³/mol. The van der Waals surface area contributed by atoms with Crippen LogP contribution in [0.25, 0.3) is 0 Å². The van der Waals surface area contributed by atoms with Gasteiger partial charge in [-0.25, -0.2) is 0 Å². The van der Waals surface area contributed by atoms with Crippen molar-refractivity contribution in [3.8, 4) is 0 Å². The van der Waals surface area contributed by atoms with Crippen LogP contribution in [0.5, 0.6) is 0 Å². The highest BCUT2D eigenvalue weighted by Crippen LogP contribution is 2.20. The van der Waals surface area contributed by atoms with Gasteiger partial charge in [-0.2, -0.15) is 8.42 Å². The summed E-state index contributed by atoms with van der Waals surface area (Å²) in [6.45, 7) is 1.91. The van der Waals surface area contributed by atoms with Crippen LogP contribution in [0.2, 0.25) is 0 Å². The van der Waals surface area contributed by atoms with E-state index in [1.54, 1.807) is 24.3 Å². The summed E-state index contributed by atoms with van der Waals surface area (Å²) >= 11 is 2.20. The smallest absolute Gasteiger partial charge is 0.284 e. The minimum absolute atomic E-state index is 0.168. The monoisotopic (exact) mass is 476 g/mol. The first kappa shape index (κ1) is 18.6. The molecule has 0 unspecified atom stereocenters. The van der Waals surface area contributed by atoms with Crippen molar-refractivity contribution in [3.63, 3.8) is 0 Å². The van der Waals surface area contributed by atoms with Crippen molar-refractivity contribution in [2.75, 3.05) is 5.32 Å². The fourth-order valence-corrected chi connectivity index (χ4v) is 3.82. The molecule has 6 heteroatoms. The lowest BCUT2D eigenvalue weighted by Crippen LogP contribution is -2.17. The third-order valence-corrected chi connectivity index (χ3v) is 5.94. The molecular formula is C20H17IN2O2S. The molecule has 0 saturated heterocycles. The van der Waals surface area contributed by atoms with Gasteiger partial charge in [-0.1, -0.05) is 60.2 Å². The minimum atomic E-state index is -3.83. The highest BCUT2D eigenvalue weighted by molar-refractivity contribution is 14.1. The average molecular weight is 476 g/mol. The number of para-hydroxylation sites is 1. The van der Waals surface area contributed by atoms with Crippen LogP contribution in [0.4, 0.5) is 5.69 Å². The molecule has 0 aliphatic carbocycles. The molecule has 0 bridgehead atoms. The first-order chi connectivity index (χ1) is 12.5. The highest BCUT2D eigenvalue weighted by Gasteiger charge is 2.16. The van der Waals surface area contributed by atoms with E-state index in [4.69, 9.17) is 0 Å². The molecule has 26 heavy (non-hydrogen) atoms. The molecule has 4 nitrogen and oxygen atoms in total. The van der Waals surface area contributed by atoms with Crippen LogP contribution in [0.1, 0.15) is 11.1 Å². The molecule has 3 aromatic rings. The fraction of sp³-hybridized carbons (Fsp3) is 0.0500. The fourth-order valence-electron chi connectivity index (χ4n) is 2.32. The molecule has 0 heterocycles. The first-order valence-electron chi connectivity index (χ1n) is 7.94. The van der Waals surface area contributed by atoms with Gasteiger partial charge < -0.3 is 5.32 Å². The summed E-state index contributed by atoms with van der Waals surface area (Å²) < 4.78 is 30.6. The molecule has 0 aliphatic rings. The molecular weight excluding hydrogens is 459 g/mol. The van der Waals surface area contributed by atoms with Crippen LogP contribution >= 0.6 is 22.6 Å². The van der Waals surface area contributed by atoms with Crippen molar-refractivity contribution >= 4 is 44.1 Å². The molecule has 0 fully saturated rings. The summed E-state index contributed by atoms with van der Waals surface area (Å²) in [4.78, 5) is 0.168. The maximum Gasteiger partial charge on any atom is 0.284 e. The van der Waals surface area contributed by atoms with E-state index in [9.17, 15) is 8.42 Å². The Morgan fingerprint density at radius 2 is 1.50 bits per heavy atom. The van der Waals surface area contributed by atoms with Gasteiger partial charge in [0.05, 0.1) is 10.6 Å². The van der Waals surface area contributed by atoms with Gasteiger partial charge in [0.1, 0.15) is 0 Å². The van der Waals surface area contributed by atoms with Gasteiger partial charge in [0, 0.05) is 9.13 Å². The van der Waals surface area contributed by atoms with Crippen LogP contribution in [0, 0.1) is 10.5 Å². The van der Waals surface area contributed by atoms with E-state index < -0.39 is 10.0 Å². The molecule has 0 radical (unpaired) electrons. The summed E-state index contributed by atoms with van der Waals surface area (Å²) in [7, 11) is -3.83. The maximum absolute atomic E-state index is 12.8. The van der Waals surface area contributed by atoms with Crippen molar-refractivity contribution in [1.82, 2.24) is 0 Å². The number of nitrogens with zero attached hydrogens (tertiary/aromatic N) is 1. The third kappa shape index (κ3) is 4.50. The highest BCUT2D eigenvalue weighted by atomic mass is 127. The number of nitrogens with one attached hydrogen (secondary N) is 1. The molecule has 132 valence electrons. The van der Waals surface area contributed by atoms with E-state index in [0.29, 0.717) is 5.56 Å². The topological polar surface area (TPSA) is 58.5 Å². The number of aryl methyl sites for hydroxylation is 1. The van der Waals surface area contributed by atoms with E-state index in [0.717, 1.165) is 14.8 Å². The molecule has 0 atom stereocenters. The average Bonchev–Trinajstić information content (AvgIpc) is 2.64. The lowest BCUT2D eigenvalue weighted by Gasteiger charge is -2.12. The zero-order chi connectivity index (χ0) is 18.6. The zero-order valence-corrected chi connectivity index (χ0v) is 17.0. The molecule has 0 amide bonds. The number of benzene rings is 3. The van der Waals surface area contributed by atoms with Crippen molar-refractivity contribution in [2.45, 2.75) is 11.8 Å². The number of rotatable bonds is 4. The second-order valence-electron chi connectivity index (χ2n) is 5.70. The Balaban J connectivity index is 2.07. The molecule has 3 rings (SSSR count). The largest absolute Gasteiger partial charge is 0.338 e. The van der Waals surface area contributed by atoms with Gasteiger partial charge in [0.2, 0.25) is 0 Å². The SMILES string of the molecule is Cc1ccc(S(=O)(=O)/N=C(\Nc2ccccc2I)c2ccccc2)cc1. The Kier molecular flexibility index (Phi) is 5.73. The Hall–Kier alpha value is -2.19. The molecule has 0 aromatic heterocycles. The second-order valence-corrected chi connectivity index (χ2v) is 8.47. The van der Waals surface area contributed by atoms with Crippen molar-refractivity contribution < 1.29 is 8.42 Å². The molecule has 0 spiro atoms. The van der Waals surface area contributed by atoms with Gasteiger partial charge >= 0.3 is 0 Å². The Bertz CT molecular complexity index is 1030. The third-order valence-electron chi connectivity index (χ3n) is 3.70. The van der Waals surface area contributed by atoms with Crippen LogP contribution in [0.3, 0.4) is 0 Å².